The summed E-state index contributed by atoms with van der Waals surface area (Å²) in [5.41, 5.74) is -0.809. The van der Waals surface area contributed by atoms with E-state index < -0.39 is 5.60 Å². The van der Waals surface area contributed by atoms with E-state index >= 15 is 0 Å². The Balaban J connectivity index is 2.42. The van der Waals surface area contributed by atoms with E-state index in [1.165, 1.54) is 0 Å². The van der Waals surface area contributed by atoms with Crippen LogP contribution in [-0.2, 0) is 4.79 Å². The fourth-order valence-electron chi connectivity index (χ4n) is 2.32. The number of hydrogen-bond acceptors (Lipinski definition) is 3. The third-order valence-electron chi connectivity index (χ3n) is 3.17. The van der Waals surface area contributed by atoms with Crippen molar-refractivity contribution in [2.24, 2.45) is 5.92 Å². The Labute approximate surface area is 104 Å². The molecule has 1 saturated heterocycles. The minimum atomic E-state index is -0.809. The molecule has 0 bridgehead atoms. The van der Waals surface area contributed by atoms with Crippen molar-refractivity contribution in [1.29, 1.82) is 0 Å². The predicted octanol–water partition coefficient (Wildman–Crippen LogP) is 0.995. The normalized spacial score (nSPS) is 21.3. The summed E-state index contributed by atoms with van der Waals surface area (Å²) in [6.07, 6.45) is 2.91. The Morgan fingerprint density at radius 3 is 2.71 bits per heavy atom. The molecule has 4 nitrogen and oxygen atoms in total. The van der Waals surface area contributed by atoms with Crippen molar-refractivity contribution >= 4 is 5.91 Å². The quantitative estimate of drug-likeness (QED) is 0.756. The predicted molar refractivity (Wildman–Crippen MR) is 68.8 cm³/mol. The van der Waals surface area contributed by atoms with Crippen LogP contribution < -0.4 is 5.32 Å². The average molecular weight is 242 g/mol. The smallest absolute Gasteiger partial charge is 0.222 e. The molecule has 2 N–H and O–H groups in total. The van der Waals surface area contributed by atoms with E-state index in [1.54, 1.807) is 18.7 Å². The monoisotopic (exact) mass is 242 g/mol. The van der Waals surface area contributed by atoms with E-state index in [-0.39, 0.29) is 5.91 Å². The molecule has 0 aromatic carbocycles. The molecule has 0 radical (unpaired) electrons. The first-order valence-electron chi connectivity index (χ1n) is 6.63. The van der Waals surface area contributed by atoms with Crippen LogP contribution in [0.2, 0.25) is 0 Å². The lowest BCUT2D eigenvalue weighted by Gasteiger charge is -2.30. The first-order valence-corrected chi connectivity index (χ1v) is 6.63. The van der Waals surface area contributed by atoms with Crippen LogP contribution in [0, 0.1) is 5.92 Å². The van der Waals surface area contributed by atoms with Gasteiger partial charge in [0, 0.05) is 19.5 Å². The summed E-state index contributed by atoms with van der Waals surface area (Å²) >= 11 is 0. The van der Waals surface area contributed by atoms with Crippen molar-refractivity contribution in [3.63, 3.8) is 0 Å². The number of likely N-dealkylation sites (N-methyl/N-ethyl adjacent to an activating group) is 1. The lowest BCUT2D eigenvalue weighted by molar-refractivity contribution is -0.135. The molecule has 1 fully saturated rings. The Bertz CT molecular complexity index is 242. The highest BCUT2D eigenvalue weighted by molar-refractivity contribution is 5.76. The highest BCUT2D eigenvalue weighted by atomic mass is 16.3. The summed E-state index contributed by atoms with van der Waals surface area (Å²) in [6.45, 7) is 8.56. The van der Waals surface area contributed by atoms with E-state index in [9.17, 15) is 9.90 Å². The zero-order valence-electron chi connectivity index (χ0n) is 11.3. The van der Waals surface area contributed by atoms with E-state index in [2.05, 4.69) is 5.32 Å². The number of hydrogen-bond donors (Lipinski definition) is 2. The Morgan fingerprint density at radius 1 is 1.53 bits per heavy atom. The summed E-state index contributed by atoms with van der Waals surface area (Å²) in [5.74, 6) is 0.635. The molecule has 0 saturated carbocycles. The number of nitrogens with one attached hydrogen (secondary N) is 1. The van der Waals surface area contributed by atoms with Crippen LogP contribution in [0.5, 0.6) is 0 Å². The van der Waals surface area contributed by atoms with E-state index in [4.69, 9.17) is 0 Å². The van der Waals surface area contributed by atoms with Crippen LogP contribution in [-0.4, -0.2) is 47.7 Å². The number of amides is 1. The second-order valence-corrected chi connectivity index (χ2v) is 5.64. The van der Waals surface area contributed by atoms with Crippen molar-refractivity contribution in [3.8, 4) is 0 Å². The van der Waals surface area contributed by atoms with Crippen molar-refractivity contribution in [1.82, 2.24) is 10.2 Å². The number of aliphatic hydroxyl groups is 1. The summed E-state index contributed by atoms with van der Waals surface area (Å²) in [7, 11) is 0. The van der Waals surface area contributed by atoms with E-state index in [0.717, 1.165) is 25.9 Å². The van der Waals surface area contributed by atoms with Crippen LogP contribution in [0.15, 0.2) is 0 Å². The highest BCUT2D eigenvalue weighted by Crippen LogP contribution is 2.16. The van der Waals surface area contributed by atoms with Gasteiger partial charge in [-0.2, -0.15) is 0 Å². The first-order chi connectivity index (χ1) is 7.92. The van der Waals surface area contributed by atoms with Gasteiger partial charge in [-0.3, -0.25) is 4.79 Å². The second kappa shape index (κ2) is 6.36. The van der Waals surface area contributed by atoms with Crippen molar-refractivity contribution in [2.75, 3.05) is 26.2 Å². The number of piperidine rings is 1. The lowest BCUT2D eigenvalue weighted by atomic mass is 9.95. The molecule has 0 aromatic heterocycles. The lowest BCUT2D eigenvalue weighted by Crippen LogP contribution is -2.43. The summed E-state index contributed by atoms with van der Waals surface area (Å²) in [6, 6.07) is 0. The van der Waals surface area contributed by atoms with Gasteiger partial charge in [-0.15, -0.1) is 0 Å². The SMILES string of the molecule is CCN(CC(C)(C)O)C(=O)CC1CCCNC1. The van der Waals surface area contributed by atoms with Crippen molar-refractivity contribution < 1.29 is 9.90 Å². The van der Waals surface area contributed by atoms with Crippen LogP contribution in [0.3, 0.4) is 0 Å². The summed E-state index contributed by atoms with van der Waals surface area (Å²) in [5, 5.41) is 13.1. The van der Waals surface area contributed by atoms with Crippen LogP contribution in [0.4, 0.5) is 0 Å². The zero-order chi connectivity index (χ0) is 12.9. The molecule has 1 amide bonds. The van der Waals surface area contributed by atoms with Gasteiger partial charge in [0.05, 0.1) is 5.60 Å². The maximum Gasteiger partial charge on any atom is 0.222 e. The molecule has 0 aromatic rings. The molecule has 0 spiro atoms. The van der Waals surface area contributed by atoms with Crippen LogP contribution >= 0.6 is 0 Å². The topological polar surface area (TPSA) is 52.6 Å². The third-order valence-corrected chi connectivity index (χ3v) is 3.17. The molecule has 1 atom stereocenters. The maximum atomic E-state index is 12.1. The highest BCUT2D eigenvalue weighted by Gasteiger charge is 2.24. The first kappa shape index (κ1) is 14.5. The molecular weight excluding hydrogens is 216 g/mol. The minimum absolute atomic E-state index is 0.170. The van der Waals surface area contributed by atoms with Gasteiger partial charge in [0.1, 0.15) is 0 Å². The maximum absolute atomic E-state index is 12.1. The number of nitrogens with zero attached hydrogens (tertiary/aromatic N) is 1. The molecule has 0 aliphatic carbocycles. The van der Waals surface area contributed by atoms with Crippen molar-refractivity contribution in [2.45, 2.75) is 45.6 Å². The summed E-state index contributed by atoms with van der Waals surface area (Å²) in [4.78, 5) is 13.9. The largest absolute Gasteiger partial charge is 0.389 e. The molecule has 1 aliphatic rings. The van der Waals surface area contributed by atoms with Gasteiger partial charge in [0.15, 0.2) is 0 Å². The molecule has 1 aliphatic heterocycles. The zero-order valence-corrected chi connectivity index (χ0v) is 11.3. The number of carbonyl (C=O) groups excluding carboxylic acids is 1. The van der Waals surface area contributed by atoms with Gasteiger partial charge in [-0.1, -0.05) is 0 Å². The average Bonchev–Trinajstić information content (AvgIpc) is 2.26. The molecule has 100 valence electrons. The van der Waals surface area contributed by atoms with Gasteiger partial charge in [-0.25, -0.2) is 0 Å². The van der Waals surface area contributed by atoms with E-state index in [1.807, 2.05) is 6.92 Å². The molecular formula is C13H26N2O2. The van der Waals surface area contributed by atoms with Crippen LogP contribution in [0.1, 0.15) is 40.0 Å². The van der Waals surface area contributed by atoms with Gasteiger partial charge in [-0.05, 0) is 52.6 Å². The van der Waals surface area contributed by atoms with Gasteiger partial charge >= 0.3 is 0 Å². The van der Waals surface area contributed by atoms with Crippen LogP contribution in [0.25, 0.3) is 0 Å². The molecule has 1 heterocycles. The molecule has 1 rings (SSSR count). The van der Waals surface area contributed by atoms with Gasteiger partial charge in [0.25, 0.3) is 0 Å². The van der Waals surface area contributed by atoms with Gasteiger partial charge in [0.2, 0.25) is 5.91 Å². The molecule has 1 unspecified atom stereocenters. The minimum Gasteiger partial charge on any atom is -0.389 e. The molecule has 4 heteroatoms. The fraction of sp³-hybridized carbons (Fsp3) is 0.923. The van der Waals surface area contributed by atoms with Crippen molar-refractivity contribution in [3.05, 3.63) is 0 Å². The third kappa shape index (κ3) is 5.50. The van der Waals surface area contributed by atoms with E-state index in [0.29, 0.717) is 25.4 Å². The summed E-state index contributed by atoms with van der Waals surface area (Å²) < 4.78 is 0. The van der Waals surface area contributed by atoms with Gasteiger partial charge < -0.3 is 15.3 Å². The number of rotatable bonds is 5. The Morgan fingerprint density at radius 2 is 2.24 bits per heavy atom. The fourth-order valence-corrected chi connectivity index (χ4v) is 2.32. The number of carbonyl (C=O) groups is 1. The Hall–Kier alpha value is -0.610. The standard InChI is InChI=1S/C13H26N2O2/c1-4-15(10-13(2,3)17)12(16)8-11-6-5-7-14-9-11/h11,14,17H,4-10H2,1-3H3. The second-order valence-electron chi connectivity index (χ2n) is 5.64. The Kier molecular flexibility index (Phi) is 5.40. The molecule has 17 heavy (non-hydrogen) atoms.